The molecule has 1 saturated heterocycles. The highest BCUT2D eigenvalue weighted by molar-refractivity contribution is 6.32. The summed E-state index contributed by atoms with van der Waals surface area (Å²) in [5.74, 6) is 0.764. The molecule has 0 saturated carbocycles. The number of carbonyl (C=O) groups is 1. The molecule has 1 aliphatic heterocycles. The van der Waals surface area contributed by atoms with Crippen LogP contribution in [0.3, 0.4) is 0 Å². The van der Waals surface area contributed by atoms with Crippen molar-refractivity contribution < 1.29 is 29.2 Å². The van der Waals surface area contributed by atoms with Gasteiger partial charge in [-0.1, -0.05) is 41.9 Å². The first-order valence-corrected chi connectivity index (χ1v) is 16.7. The molecule has 0 spiro atoms. The molecule has 11 heteroatoms. The maximum Gasteiger partial charge on any atom is 0.317 e. The fourth-order valence-electron chi connectivity index (χ4n) is 5.89. The van der Waals surface area contributed by atoms with Crippen molar-refractivity contribution in [1.29, 1.82) is 5.26 Å². The molecule has 0 unspecified atom stereocenters. The summed E-state index contributed by atoms with van der Waals surface area (Å²) >= 11 is 6.67. The maximum atomic E-state index is 11.1. The molecule has 0 amide bonds. The summed E-state index contributed by atoms with van der Waals surface area (Å²) in [5.41, 5.74) is 7.08. The van der Waals surface area contributed by atoms with Crippen LogP contribution in [0.2, 0.25) is 5.02 Å². The average Bonchev–Trinajstić information content (AvgIpc) is 3.51. The molecule has 1 fully saturated rings. The molecular weight excluding hydrogens is 644 g/mol. The Hall–Kier alpha value is -4.66. The number of ether oxygens (including phenoxy) is 3. The number of aliphatic carboxylic acids is 1. The van der Waals surface area contributed by atoms with Crippen LogP contribution in [0.15, 0.2) is 67.0 Å². The third kappa shape index (κ3) is 9.71. The van der Waals surface area contributed by atoms with Crippen LogP contribution in [0, 0.1) is 25.2 Å². The number of aliphatic hydroxyl groups excluding tert-OH is 1. The molecule has 1 aliphatic rings. The summed E-state index contributed by atoms with van der Waals surface area (Å²) < 4.78 is 18.6. The number of β-amino-alcohol motifs (C(OH)–C–C–N with tert-alkyl or cyclic N) is 1. The fraction of sp³-hybridized carbons (Fsp3) is 0.342. The van der Waals surface area contributed by atoms with Crippen LogP contribution in [-0.2, 0) is 24.6 Å². The van der Waals surface area contributed by atoms with E-state index in [1.165, 1.54) is 6.20 Å². The van der Waals surface area contributed by atoms with Gasteiger partial charge in [-0.3, -0.25) is 9.78 Å². The second kappa shape index (κ2) is 17.1. The molecule has 0 bridgehead atoms. The number of pyridine rings is 1. The molecular formula is C38H41ClN4O6. The van der Waals surface area contributed by atoms with E-state index in [2.05, 4.69) is 47.3 Å². The number of nitriles is 1. The minimum absolute atomic E-state index is 0.140. The second-order valence-corrected chi connectivity index (χ2v) is 12.5. The summed E-state index contributed by atoms with van der Waals surface area (Å²) in [6, 6.07) is 19.4. The SMILES string of the molecule is Cc1c(COc2cc(OCc3cncc(C#N)c3)c(CNCC(=O)O)cc2Cl)cccc1-c1cccc(OCCCN2CC[C@@H](O)C2)c1C. The van der Waals surface area contributed by atoms with Gasteiger partial charge in [-0.25, -0.2) is 0 Å². The van der Waals surface area contributed by atoms with E-state index in [9.17, 15) is 15.2 Å². The summed E-state index contributed by atoms with van der Waals surface area (Å²) in [7, 11) is 0. The van der Waals surface area contributed by atoms with E-state index in [4.69, 9.17) is 30.9 Å². The van der Waals surface area contributed by atoms with E-state index >= 15 is 0 Å². The van der Waals surface area contributed by atoms with Gasteiger partial charge in [0.1, 0.15) is 36.5 Å². The third-order valence-electron chi connectivity index (χ3n) is 8.55. The number of likely N-dealkylation sites (tertiary alicyclic amines) is 1. The topological polar surface area (TPSA) is 137 Å². The second-order valence-electron chi connectivity index (χ2n) is 12.1. The van der Waals surface area contributed by atoms with Crippen molar-refractivity contribution in [2.24, 2.45) is 0 Å². The Labute approximate surface area is 291 Å². The summed E-state index contributed by atoms with van der Waals surface area (Å²) in [5, 5.41) is 31.3. The number of rotatable bonds is 16. The van der Waals surface area contributed by atoms with Gasteiger partial charge in [0.2, 0.25) is 0 Å². The summed E-state index contributed by atoms with van der Waals surface area (Å²) in [6.07, 6.45) is 4.62. The lowest BCUT2D eigenvalue weighted by molar-refractivity contribution is -0.136. The number of hydrogen-bond acceptors (Lipinski definition) is 9. The minimum atomic E-state index is -0.977. The minimum Gasteiger partial charge on any atom is -0.493 e. The van der Waals surface area contributed by atoms with Crippen LogP contribution >= 0.6 is 11.6 Å². The first-order chi connectivity index (χ1) is 23.7. The number of aromatic nitrogens is 1. The van der Waals surface area contributed by atoms with Crippen LogP contribution in [0.5, 0.6) is 17.2 Å². The Morgan fingerprint density at radius 2 is 1.78 bits per heavy atom. The fourth-order valence-corrected chi connectivity index (χ4v) is 6.13. The average molecular weight is 685 g/mol. The molecule has 0 radical (unpaired) electrons. The third-order valence-corrected chi connectivity index (χ3v) is 8.85. The first kappa shape index (κ1) is 35.6. The molecule has 5 rings (SSSR count). The Bertz CT molecular complexity index is 1810. The molecule has 256 valence electrons. The summed E-state index contributed by atoms with van der Waals surface area (Å²) in [6.45, 7) is 7.72. The first-order valence-electron chi connectivity index (χ1n) is 16.3. The van der Waals surface area contributed by atoms with Gasteiger partial charge in [-0.15, -0.1) is 0 Å². The Morgan fingerprint density at radius 1 is 1.00 bits per heavy atom. The Kier molecular flexibility index (Phi) is 12.5. The molecule has 1 aromatic heterocycles. The zero-order valence-electron chi connectivity index (χ0n) is 27.7. The van der Waals surface area contributed by atoms with Crippen LogP contribution in [-0.4, -0.2) is 65.0 Å². The van der Waals surface area contributed by atoms with Gasteiger partial charge in [-0.2, -0.15) is 5.26 Å². The number of halogens is 1. The number of nitrogens with zero attached hydrogens (tertiary/aromatic N) is 3. The van der Waals surface area contributed by atoms with Gasteiger partial charge in [-0.05, 0) is 72.7 Å². The number of nitrogens with one attached hydrogen (secondary N) is 1. The summed E-state index contributed by atoms with van der Waals surface area (Å²) in [4.78, 5) is 17.4. The zero-order chi connectivity index (χ0) is 34.8. The number of aliphatic hydroxyl groups is 1. The number of carboxylic acid groups (broad SMARTS) is 1. The highest BCUT2D eigenvalue weighted by Gasteiger charge is 2.20. The Morgan fingerprint density at radius 3 is 2.53 bits per heavy atom. The van der Waals surface area contributed by atoms with E-state index in [1.807, 2.05) is 24.3 Å². The smallest absolute Gasteiger partial charge is 0.317 e. The van der Waals surface area contributed by atoms with Crippen LogP contribution < -0.4 is 19.5 Å². The highest BCUT2D eigenvalue weighted by atomic mass is 35.5. The molecule has 49 heavy (non-hydrogen) atoms. The van der Waals surface area contributed by atoms with E-state index in [0.717, 1.165) is 66.0 Å². The molecule has 4 aromatic rings. The van der Waals surface area contributed by atoms with E-state index in [1.54, 1.807) is 24.4 Å². The monoisotopic (exact) mass is 684 g/mol. The largest absolute Gasteiger partial charge is 0.493 e. The molecule has 3 N–H and O–H groups in total. The van der Waals surface area contributed by atoms with Gasteiger partial charge in [0, 0.05) is 55.8 Å². The number of hydrogen-bond donors (Lipinski definition) is 3. The van der Waals surface area contributed by atoms with Crippen LogP contribution in [0.25, 0.3) is 11.1 Å². The van der Waals surface area contributed by atoms with Crippen molar-refractivity contribution >= 4 is 17.6 Å². The van der Waals surface area contributed by atoms with Crippen molar-refractivity contribution in [1.82, 2.24) is 15.2 Å². The highest BCUT2D eigenvalue weighted by Crippen LogP contribution is 2.36. The quantitative estimate of drug-likeness (QED) is 0.120. The number of carboxylic acids is 1. The lowest BCUT2D eigenvalue weighted by atomic mass is 9.93. The Balaban J connectivity index is 1.29. The van der Waals surface area contributed by atoms with Gasteiger partial charge in [0.05, 0.1) is 29.8 Å². The van der Waals surface area contributed by atoms with Crippen molar-refractivity contribution in [2.75, 3.05) is 32.8 Å². The van der Waals surface area contributed by atoms with Crippen molar-refractivity contribution in [3.8, 4) is 34.4 Å². The molecule has 3 aromatic carbocycles. The van der Waals surface area contributed by atoms with Gasteiger partial charge in [0.25, 0.3) is 0 Å². The van der Waals surface area contributed by atoms with Crippen molar-refractivity contribution in [3.05, 3.63) is 105 Å². The van der Waals surface area contributed by atoms with E-state index < -0.39 is 5.97 Å². The zero-order valence-corrected chi connectivity index (χ0v) is 28.5. The predicted octanol–water partition coefficient (Wildman–Crippen LogP) is 6.06. The number of benzene rings is 3. The standard InChI is InChI=1S/C38H41ClN4O6/c1-25-29(6-3-7-32(25)33-8-4-9-35(26(33)2)47-13-5-11-43-12-10-31(44)22-43)24-49-37-16-36(30(15-34(37)39)20-42-21-38(45)46)48-23-28-14-27(17-40)18-41-19-28/h3-4,6-9,14-16,18-19,31,42,44H,5,10-13,20-24H2,1-2H3,(H,45,46)/t31-/m1/s1. The predicted molar refractivity (Wildman–Crippen MR) is 187 cm³/mol. The van der Waals surface area contributed by atoms with Crippen LogP contribution in [0.1, 0.15) is 46.2 Å². The molecule has 1 atom stereocenters. The maximum absolute atomic E-state index is 11.1. The molecule has 10 nitrogen and oxygen atoms in total. The van der Waals surface area contributed by atoms with Crippen molar-refractivity contribution in [3.63, 3.8) is 0 Å². The van der Waals surface area contributed by atoms with Crippen molar-refractivity contribution in [2.45, 2.75) is 52.6 Å². The molecule has 0 aliphatic carbocycles. The molecule has 2 heterocycles. The van der Waals surface area contributed by atoms with E-state index in [-0.39, 0.29) is 32.4 Å². The van der Waals surface area contributed by atoms with Crippen LogP contribution in [0.4, 0.5) is 0 Å². The lowest BCUT2D eigenvalue weighted by Gasteiger charge is -2.18. The van der Waals surface area contributed by atoms with Gasteiger partial charge >= 0.3 is 5.97 Å². The van der Waals surface area contributed by atoms with Gasteiger partial charge in [0.15, 0.2) is 0 Å². The normalized spacial score (nSPS) is 14.4. The lowest BCUT2D eigenvalue weighted by Crippen LogP contribution is -2.24. The van der Waals surface area contributed by atoms with E-state index in [0.29, 0.717) is 39.8 Å². The van der Waals surface area contributed by atoms with Gasteiger partial charge < -0.3 is 34.6 Å².